The predicted molar refractivity (Wildman–Crippen MR) is 83.3 cm³/mol. The first-order valence-corrected chi connectivity index (χ1v) is 7.85. The second kappa shape index (κ2) is 6.13. The Morgan fingerprint density at radius 3 is 2.74 bits per heavy atom. The van der Waals surface area contributed by atoms with Crippen molar-refractivity contribution in [2.75, 3.05) is 17.3 Å². The Morgan fingerprint density at radius 2 is 2.16 bits per heavy atom. The molecule has 2 rings (SSSR count). The van der Waals surface area contributed by atoms with Crippen LogP contribution in [0.2, 0.25) is 0 Å². The van der Waals surface area contributed by atoms with E-state index in [-0.39, 0.29) is 5.41 Å². The van der Waals surface area contributed by atoms with E-state index in [9.17, 15) is 0 Å². The van der Waals surface area contributed by atoms with Gasteiger partial charge in [0.15, 0.2) is 0 Å². The number of alkyl halides is 1. The summed E-state index contributed by atoms with van der Waals surface area (Å²) in [5.74, 6) is 1.89. The van der Waals surface area contributed by atoms with E-state index in [1.807, 2.05) is 6.20 Å². The van der Waals surface area contributed by atoms with Gasteiger partial charge in [0.25, 0.3) is 0 Å². The molecule has 0 bridgehead atoms. The van der Waals surface area contributed by atoms with E-state index in [0.29, 0.717) is 6.04 Å². The van der Waals surface area contributed by atoms with E-state index in [1.165, 1.54) is 24.8 Å². The molecule has 0 aliphatic carbocycles. The van der Waals surface area contributed by atoms with Crippen molar-refractivity contribution in [2.45, 2.75) is 57.9 Å². The van der Waals surface area contributed by atoms with Gasteiger partial charge >= 0.3 is 0 Å². The standard InChI is InChI=1S/C16H25ClN2/c1-16(2,3)13-8-9-15(18-12-13)19-11-5-7-14(19)6-4-10-17/h8-9,12,14H,4-7,10-11H2,1-3H3. The molecule has 3 heteroatoms. The van der Waals surface area contributed by atoms with Crippen molar-refractivity contribution >= 4 is 17.4 Å². The zero-order chi connectivity index (χ0) is 13.9. The van der Waals surface area contributed by atoms with Crippen molar-refractivity contribution in [1.82, 2.24) is 4.98 Å². The normalized spacial score (nSPS) is 20.0. The molecule has 1 atom stereocenters. The lowest BCUT2D eigenvalue weighted by molar-refractivity contribution is 0.583. The van der Waals surface area contributed by atoms with Gasteiger partial charge in [-0.3, -0.25) is 0 Å². The Kier molecular flexibility index (Phi) is 4.72. The van der Waals surface area contributed by atoms with E-state index in [2.05, 4.69) is 42.8 Å². The number of rotatable bonds is 4. The number of halogens is 1. The maximum Gasteiger partial charge on any atom is 0.128 e. The van der Waals surface area contributed by atoms with E-state index < -0.39 is 0 Å². The number of anilines is 1. The Bertz CT molecular complexity index is 394. The molecule has 1 saturated heterocycles. The van der Waals surface area contributed by atoms with Crippen LogP contribution in [0.15, 0.2) is 18.3 Å². The molecular weight excluding hydrogens is 256 g/mol. The van der Waals surface area contributed by atoms with Crippen LogP contribution in [0.5, 0.6) is 0 Å². The summed E-state index contributed by atoms with van der Waals surface area (Å²) in [5, 5.41) is 0. The monoisotopic (exact) mass is 280 g/mol. The van der Waals surface area contributed by atoms with E-state index >= 15 is 0 Å². The largest absolute Gasteiger partial charge is 0.354 e. The Morgan fingerprint density at radius 1 is 1.37 bits per heavy atom. The van der Waals surface area contributed by atoms with Gasteiger partial charge in [0.1, 0.15) is 5.82 Å². The quantitative estimate of drug-likeness (QED) is 0.762. The average Bonchev–Trinajstić information content (AvgIpc) is 2.83. The van der Waals surface area contributed by atoms with Crippen LogP contribution in [-0.4, -0.2) is 23.5 Å². The first-order valence-electron chi connectivity index (χ1n) is 7.31. The lowest BCUT2D eigenvalue weighted by Gasteiger charge is -2.26. The molecule has 1 unspecified atom stereocenters. The highest BCUT2D eigenvalue weighted by Gasteiger charge is 2.25. The number of aromatic nitrogens is 1. The molecule has 1 fully saturated rings. The van der Waals surface area contributed by atoms with Gasteiger partial charge in [0.05, 0.1) is 0 Å². The Balaban J connectivity index is 2.08. The Labute approximate surface area is 122 Å². The summed E-state index contributed by atoms with van der Waals surface area (Å²) < 4.78 is 0. The van der Waals surface area contributed by atoms with Crippen LogP contribution >= 0.6 is 11.6 Å². The summed E-state index contributed by atoms with van der Waals surface area (Å²) >= 11 is 5.81. The zero-order valence-electron chi connectivity index (χ0n) is 12.3. The first kappa shape index (κ1) is 14.6. The molecule has 0 spiro atoms. The zero-order valence-corrected chi connectivity index (χ0v) is 13.1. The Hall–Kier alpha value is -0.760. The minimum Gasteiger partial charge on any atom is -0.354 e. The summed E-state index contributed by atoms with van der Waals surface area (Å²) in [6, 6.07) is 5.03. The molecule has 0 amide bonds. The summed E-state index contributed by atoms with van der Waals surface area (Å²) in [7, 11) is 0. The number of hydrogen-bond acceptors (Lipinski definition) is 2. The van der Waals surface area contributed by atoms with Crippen LogP contribution in [0.25, 0.3) is 0 Å². The van der Waals surface area contributed by atoms with Gasteiger partial charge in [-0.25, -0.2) is 4.98 Å². The summed E-state index contributed by atoms with van der Waals surface area (Å²) in [4.78, 5) is 7.14. The van der Waals surface area contributed by atoms with E-state index in [0.717, 1.165) is 24.7 Å². The van der Waals surface area contributed by atoms with Crippen LogP contribution in [0.3, 0.4) is 0 Å². The third-order valence-electron chi connectivity index (χ3n) is 3.96. The fourth-order valence-corrected chi connectivity index (χ4v) is 2.90. The minimum absolute atomic E-state index is 0.175. The number of hydrogen-bond donors (Lipinski definition) is 0. The topological polar surface area (TPSA) is 16.1 Å². The van der Waals surface area contributed by atoms with Gasteiger partial charge in [0, 0.05) is 24.7 Å². The smallest absolute Gasteiger partial charge is 0.128 e. The predicted octanol–water partition coefficient (Wildman–Crippen LogP) is 4.37. The molecule has 19 heavy (non-hydrogen) atoms. The van der Waals surface area contributed by atoms with Crippen molar-refractivity contribution in [3.63, 3.8) is 0 Å². The molecule has 0 saturated carbocycles. The minimum atomic E-state index is 0.175. The van der Waals surface area contributed by atoms with Gasteiger partial charge in [-0.2, -0.15) is 0 Å². The highest BCUT2D eigenvalue weighted by Crippen LogP contribution is 2.28. The van der Waals surface area contributed by atoms with Gasteiger partial charge in [-0.05, 0) is 42.7 Å². The molecule has 2 nitrogen and oxygen atoms in total. The van der Waals surface area contributed by atoms with Crippen molar-refractivity contribution in [1.29, 1.82) is 0 Å². The second-order valence-electron chi connectivity index (χ2n) is 6.48. The lowest BCUT2D eigenvalue weighted by atomic mass is 9.88. The maximum absolute atomic E-state index is 5.81. The van der Waals surface area contributed by atoms with Crippen LogP contribution in [-0.2, 0) is 5.41 Å². The molecule has 2 heterocycles. The van der Waals surface area contributed by atoms with Gasteiger partial charge in [-0.15, -0.1) is 11.6 Å². The van der Waals surface area contributed by atoms with Crippen LogP contribution in [0.1, 0.15) is 52.0 Å². The molecule has 0 aromatic carbocycles. The highest BCUT2D eigenvalue weighted by atomic mass is 35.5. The van der Waals surface area contributed by atoms with Gasteiger partial charge < -0.3 is 4.90 Å². The second-order valence-corrected chi connectivity index (χ2v) is 6.85. The van der Waals surface area contributed by atoms with Gasteiger partial charge in [-0.1, -0.05) is 26.8 Å². The molecule has 1 aromatic heterocycles. The average molecular weight is 281 g/mol. The third kappa shape index (κ3) is 3.62. The molecule has 1 aliphatic heterocycles. The molecule has 1 aliphatic rings. The summed E-state index contributed by atoms with van der Waals surface area (Å²) in [6.45, 7) is 7.81. The summed E-state index contributed by atoms with van der Waals surface area (Å²) in [6.07, 6.45) is 6.87. The lowest BCUT2D eigenvalue weighted by Crippen LogP contribution is -2.30. The fraction of sp³-hybridized carbons (Fsp3) is 0.688. The third-order valence-corrected chi connectivity index (χ3v) is 4.22. The molecule has 0 radical (unpaired) electrons. The first-order chi connectivity index (χ1) is 9.02. The fourth-order valence-electron chi connectivity index (χ4n) is 2.75. The van der Waals surface area contributed by atoms with Crippen molar-refractivity contribution < 1.29 is 0 Å². The van der Waals surface area contributed by atoms with Crippen molar-refractivity contribution in [3.05, 3.63) is 23.9 Å². The molecule has 0 N–H and O–H groups in total. The highest BCUT2D eigenvalue weighted by molar-refractivity contribution is 6.17. The van der Waals surface area contributed by atoms with Crippen LogP contribution in [0, 0.1) is 0 Å². The van der Waals surface area contributed by atoms with Crippen molar-refractivity contribution in [3.8, 4) is 0 Å². The summed E-state index contributed by atoms with van der Waals surface area (Å²) in [5.41, 5.74) is 1.47. The van der Waals surface area contributed by atoms with E-state index in [1.54, 1.807) is 0 Å². The molecule has 106 valence electrons. The maximum atomic E-state index is 5.81. The van der Waals surface area contributed by atoms with Crippen LogP contribution < -0.4 is 4.90 Å². The molecular formula is C16H25ClN2. The van der Waals surface area contributed by atoms with E-state index in [4.69, 9.17) is 11.6 Å². The number of pyridine rings is 1. The van der Waals surface area contributed by atoms with Gasteiger partial charge in [0.2, 0.25) is 0 Å². The molecule has 1 aromatic rings. The van der Waals surface area contributed by atoms with Crippen molar-refractivity contribution in [2.24, 2.45) is 0 Å². The SMILES string of the molecule is CC(C)(C)c1ccc(N2CCCC2CCCCl)nc1. The van der Waals surface area contributed by atoms with Crippen LogP contribution in [0.4, 0.5) is 5.82 Å². The number of nitrogens with zero attached hydrogens (tertiary/aromatic N) is 2.